The molecule has 1 fully saturated rings. The Balaban J connectivity index is 2.16. The van der Waals surface area contributed by atoms with Crippen LogP contribution in [0.25, 0.3) is 0 Å². The van der Waals surface area contributed by atoms with E-state index >= 15 is 0 Å². The van der Waals surface area contributed by atoms with Crippen LogP contribution in [0.3, 0.4) is 0 Å². The van der Waals surface area contributed by atoms with E-state index in [1.165, 1.54) is 0 Å². The maximum Gasteiger partial charge on any atom is 0.506 e. The average Bonchev–Trinajstić information content (AvgIpc) is 2.25. The van der Waals surface area contributed by atoms with Gasteiger partial charge in [-0.25, -0.2) is 9.59 Å². The number of ether oxygens (including phenoxy) is 2. The van der Waals surface area contributed by atoms with Gasteiger partial charge in [-0.05, 0) is 17.7 Å². The highest BCUT2D eigenvalue weighted by atomic mass is 16.7. The highest BCUT2D eigenvalue weighted by Gasteiger charge is 2.51. The summed E-state index contributed by atoms with van der Waals surface area (Å²) < 4.78 is 9.50. The van der Waals surface area contributed by atoms with Gasteiger partial charge in [0, 0.05) is 18.5 Å². The zero-order valence-corrected chi connectivity index (χ0v) is 9.91. The van der Waals surface area contributed by atoms with Crippen molar-refractivity contribution in [3.63, 3.8) is 0 Å². The van der Waals surface area contributed by atoms with Crippen LogP contribution in [0.15, 0.2) is 24.3 Å². The topological polar surface area (TPSA) is 119 Å². The van der Waals surface area contributed by atoms with E-state index in [-0.39, 0.29) is 12.8 Å². The number of rotatable bonds is 3. The van der Waals surface area contributed by atoms with Crippen LogP contribution >= 0.6 is 0 Å². The van der Waals surface area contributed by atoms with Crippen molar-refractivity contribution in [2.75, 3.05) is 5.73 Å². The van der Waals surface area contributed by atoms with Gasteiger partial charge in [0.25, 0.3) is 0 Å². The molecule has 7 nitrogen and oxygen atoms in total. The number of benzene rings is 1. The van der Waals surface area contributed by atoms with Gasteiger partial charge in [0.15, 0.2) is 0 Å². The minimum absolute atomic E-state index is 0.162. The van der Waals surface area contributed by atoms with E-state index in [9.17, 15) is 9.59 Å². The normalized spacial score (nSPS) is 25.2. The Hall–Kier alpha value is -2.44. The number of anilines is 1. The molecule has 0 saturated heterocycles. The molecule has 0 spiro atoms. The van der Waals surface area contributed by atoms with Gasteiger partial charge in [0.05, 0.1) is 0 Å². The van der Waals surface area contributed by atoms with E-state index in [0.717, 1.165) is 0 Å². The molecule has 4 N–H and O–H groups in total. The number of carboxylic acid groups (broad SMARTS) is 2. The van der Waals surface area contributed by atoms with Crippen LogP contribution < -0.4 is 5.73 Å². The minimum Gasteiger partial charge on any atom is -0.450 e. The van der Waals surface area contributed by atoms with Crippen LogP contribution in [0.4, 0.5) is 15.3 Å². The molecule has 7 heteroatoms. The van der Waals surface area contributed by atoms with Crippen molar-refractivity contribution in [2.24, 2.45) is 0 Å². The summed E-state index contributed by atoms with van der Waals surface area (Å²) in [6.45, 7) is 0. The van der Waals surface area contributed by atoms with Crippen molar-refractivity contribution in [3.8, 4) is 0 Å². The fourth-order valence-corrected chi connectivity index (χ4v) is 2.23. The zero-order chi connectivity index (χ0) is 14.0. The highest BCUT2D eigenvalue weighted by molar-refractivity contribution is 5.59. The highest BCUT2D eigenvalue weighted by Crippen LogP contribution is 2.46. The van der Waals surface area contributed by atoms with Crippen molar-refractivity contribution in [2.45, 2.75) is 24.5 Å². The third-order valence-electron chi connectivity index (χ3n) is 3.10. The maximum absolute atomic E-state index is 10.8. The van der Waals surface area contributed by atoms with E-state index in [1.54, 1.807) is 24.3 Å². The van der Waals surface area contributed by atoms with E-state index in [1.807, 2.05) is 0 Å². The van der Waals surface area contributed by atoms with Crippen LogP contribution in [0.5, 0.6) is 0 Å². The van der Waals surface area contributed by atoms with Gasteiger partial charge in [-0.2, -0.15) is 0 Å². The molecule has 1 aromatic rings. The molecular weight excluding hydrogens is 254 g/mol. The molecule has 19 heavy (non-hydrogen) atoms. The number of carbonyl (C=O) groups is 2. The zero-order valence-electron chi connectivity index (χ0n) is 9.91. The van der Waals surface area contributed by atoms with Crippen LogP contribution in [-0.4, -0.2) is 28.6 Å². The monoisotopic (exact) mass is 267 g/mol. The van der Waals surface area contributed by atoms with E-state index in [4.69, 9.17) is 20.7 Å². The molecule has 0 bridgehead atoms. The predicted octanol–water partition coefficient (Wildman–Crippen LogP) is 2.02. The first-order valence-electron chi connectivity index (χ1n) is 5.59. The summed E-state index contributed by atoms with van der Waals surface area (Å²) in [4.78, 5) is 21.2. The Morgan fingerprint density at radius 2 is 1.74 bits per heavy atom. The summed E-state index contributed by atoms with van der Waals surface area (Å²) in [5, 5.41) is 17.3. The lowest BCUT2D eigenvalue weighted by Gasteiger charge is -2.44. The van der Waals surface area contributed by atoms with E-state index < -0.39 is 24.0 Å². The van der Waals surface area contributed by atoms with Crippen molar-refractivity contribution in [3.05, 3.63) is 29.8 Å². The molecular formula is C12H13NO6. The number of hydrogen-bond acceptors (Lipinski definition) is 5. The molecule has 0 radical (unpaired) electrons. The fraction of sp³-hybridized carbons (Fsp3) is 0.333. The molecule has 1 aliphatic carbocycles. The van der Waals surface area contributed by atoms with Gasteiger partial charge < -0.3 is 25.4 Å². The molecule has 0 heterocycles. The molecule has 0 aromatic heterocycles. The van der Waals surface area contributed by atoms with Crippen molar-refractivity contribution in [1.82, 2.24) is 0 Å². The Bertz CT molecular complexity index is 491. The SMILES string of the molecule is Nc1ccc([C@]2(OC(=O)O)C[C@@H](OC(=O)O)C2)cc1. The molecule has 1 saturated carbocycles. The van der Waals surface area contributed by atoms with Crippen LogP contribution in [0, 0.1) is 0 Å². The summed E-state index contributed by atoms with van der Waals surface area (Å²) in [5.74, 6) is 0. The molecule has 1 aliphatic rings. The van der Waals surface area contributed by atoms with E-state index in [2.05, 4.69) is 4.74 Å². The number of nitrogens with two attached hydrogens (primary N) is 1. The second-order valence-corrected chi connectivity index (χ2v) is 4.40. The first-order chi connectivity index (χ1) is 8.91. The summed E-state index contributed by atoms with van der Waals surface area (Å²) in [5.41, 5.74) is 5.69. The number of hydrogen-bond donors (Lipinski definition) is 3. The Labute approximate surface area is 108 Å². The molecule has 0 amide bonds. The number of nitrogen functional groups attached to an aromatic ring is 1. The van der Waals surface area contributed by atoms with Crippen molar-refractivity contribution >= 4 is 18.0 Å². The molecule has 2 rings (SSSR count). The molecule has 0 aliphatic heterocycles. The summed E-state index contributed by atoms with van der Waals surface area (Å²) in [6.07, 6.45) is -3.03. The van der Waals surface area contributed by atoms with E-state index in [0.29, 0.717) is 11.3 Å². The lowest BCUT2D eigenvalue weighted by atomic mass is 9.72. The van der Waals surface area contributed by atoms with Crippen LogP contribution in [-0.2, 0) is 15.1 Å². The third kappa shape index (κ3) is 2.70. The van der Waals surface area contributed by atoms with Gasteiger partial charge >= 0.3 is 12.3 Å². The summed E-state index contributed by atoms with van der Waals surface area (Å²) >= 11 is 0. The van der Waals surface area contributed by atoms with Gasteiger partial charge in [-0.15, -0.1) is 0 Å². The largest absolute Gasteiger partial charge is 0.506 e. The smallest absolute Gasteiger partial charge is 0.450 e. The first kappa shape index (κ1) is 13.0. The van der Waals surface area contributed by atoms with Crippen molar-refractivity contribution < 1.29 is 29.3 Å². The summed E-state index contributed by atoms with van der Waals surface area (Å²) in [7, 11) is 0. The van der Waals surface area contributed by atoms with Crippen molar-refractivity contribution in [1.29, 1.82) is 0 Å². The third-order valence-corrected chi connectivity index (χ3v) is 3.10. The quantitative estimate of drug-likeness (QED) is 0.566. The van der Waals surface area contributed by atoms with Crippen LogP contribution in [0.2, 0.25) is 0 Å². The van der Waals surface area contributed by atoms with Gasteiger partial charge in [-0.3, -0.25) is 0 Å². The minimum atomic E-state index is -1.41. The Morgan fingerprint density at radius 1 is 1.16 bits per heavy atom. The maximum atomic E-state index is 10.8. The lowest BCUT2D eigenvalue weighted by molar-refractivity contribution is -0.140. The standard InChI is InChI=1S/C12H13NO6/c13-8-3-1-7(2-4-8)12(19-11(16)17)5-9(6-12)18-10(14)15/h1-4,9H,5-6,13H2,(H,14,15)(H,16,17)/t9-,12+. The fourth-order valence-electron chi connectivity index (χ4n) is 2.23. The lowest BCUT2D eigenvalue weighted by Crippen LogP contribution is -2.49. The second-order valence-electron chi connectivity index (χ2n) is 4.40. The van der Waals surface area contributed by atoms with Crippen LogP contribution in [0.1, 0.15) is 18.4 Å². The second kappa shape index (κ2) is 4.68. The molecule has 0 atom stereocenters. The molecule has 102 valence electrons. The Morgan fingerprint density at radius 3 is 2.21 bits per heavy atom. The van der Waals surface area contributed by atoms with Gasteiger partial charge in [-0.1, -0.05) is 12.1 Å². The molecule has 0 unspecified atom stereocenters. The van der Waals surface area contributed by atoms with Gasteiger partial charge in [0.2, 0.25) is 0 Å². The first-order valence-corrected chi connectivity index (χ1v) is 5.59. The predicted molar refractivity (Wildman–Crippen MR) is 63.8 cm³/mol. The van der Waals surface area contributed by atoms with Gasteiger partial charge in [0.1, 0.15) is 11.7 Å². The Kier molecular flexibility index (Phi) is 3.20. The summed E-state index contributed by atoms with van der Waals surface area (Å²) in [6, 6.07) is 6.59. The molecule has 1 aromatic carbocycles. The average molecular weight is 267 g/mol.